The molecule has 0 aliphatic rings. The first-order valence-corrected chi connectivity index (χ1v) is 8.81. The Morgan fingerprint density at radius 3 is 2.41 bits per heavy atom. The lowest BCUT2D eigenvalue weighted by Gasteiger charge is -2.07. The van der Waals surface area contributed by atoms with Gasteiger partial charge in [-0.1, -0.05) is 5.21 Å². The van der Waals surface area contributed by atoms with Crippen LogP contribution >= 0.6 is 0 Å². The van der Waals surface area contributed by atoms with Gasteiger partial charge in [-0.3, -0.25) is 9.48 Å². The number of amides is 1. The van der Waals surface area contributed by atoms with E-state index in [0.717, 1.165) is 11.4 Å². The summed E-state index contributed by atoms with van der Waals surface area (Å²) in [5.41, 5.74) is 2.74. The molecule has 4 aromatic rings. The van der Waals surface area contributed by atoms with Crippen LogP contribution in [0.1, 0.15) is 21.9 Å². The highest BCUT2D eigenvalue weighted by Crippen LogP contribution is 2.22. The zero-order valence-electron chi connectivity index (χ0n) is 16.1. The zero-order chi connectivity index (χ0) is 20.4. The number of ether oxygens (including phenoxy) is 1. The van der Waals surface area contributed by atoms with Gasteiger partial charge in [-0.05, 0) is 50.2 Å². The third kappa shape index (κ3) is 4.10. The first-order chi connectivity index (χ1) is 14.0. The van der Waals surface area contributed by atoms with E-state index in [-0.39, 0.29) is 11.6 Å². The van der Waals surface area contributed by atoms with Crippen LogP contribution in [0.25, 0.3) is 5.82 Å². The molecule has 0 saturated carbocycles. The van der Waals surface area contributed by atoms with Crippen LogP contribution in [0.5, 0.6) is 11.6 Å². The van der Waals surface area contributed by atoms with Crippen LogP contribution in [0, 0.1) is 13.8 Å². The Labute approximate surface area is 166 Å². The number of aryl methyl sites for hydroxylation is 3. The minimum absolute atomic E-state index is 0.241. The van der Waals surface area contributed by atoms with Gasteiger partial charge in [0.15, 0.2) is 11.5 Å². The Morgan fingerprint density at radius 2 is 1.83 bits per heavy atom. The summed E-state index contributed by atoms with van der Waals surface area (Å²) in [6, 6.07) is 12.4. The summed E-state index contributed by atoms with van der Waals surface area (Å²) < 4.78 is 8.90. The van der Waals surface area contributed by atoms with E-state index < -0.39 is 0 Å². The van der Waals surface area contributed by atoms with E-state index >= 15 is 0 Å². The number of carbonyl (C=O) groups excluding carboxylic acids is 1. The van der Waals surface area contributed by atoms with Crippen LogP contribution in [-0.4, -0.2) is 40.9 Å². The number of rotatable bonds is 5. The molecule has 10 heteroatoms. The number of hydrogen-bond acceptors (Lipinski definition) is 7. The topological polar surface area (TPSA) is 113 Å². The van der Waals surface area contributed by atoms with Crippen LogP contribution in [-0.2, 0) is 7.05 Å². The number of hydrogen-bond donors (Lipinski definition) is 1. The molecule has 0 radical (unpaired) electrons. The fourth-order valence-electron chi connectivity index (χ4n) is 2.71. The molecule has 0 aliphatic heterocycles. The molecule has 3 aromatic heterocycles. The Morgan fingerprint density at radius 1 is 1.03 bits per heavy atom. The van der Waals surface area contributed by atoms with Gasteiger partial charge in [0.05, 0.1) is 11.9 Å². The minimum Gasteiger partial charge on any atom is -0.438 e. The summed E-state index contributed by atoms with van der Waals surface area (Å²) in [6.07, 6.45) is 1.54. The monoisotopic (exact) mass is 390 g/mol. The molecule has 146 valence electrons. The van der Waals surface area contributed by atoms with Crippen molar-refractivity contribution >= 4 is 11.6 Å². The van der Waals surface area contributed by atoms with Gasteiger partial charge in [0, 0.05) is 24.5 Å². The smallest absolute Gasteiger partial charge is 0.277 e. The van der Waals surface area contributed by atoms with E-state index in [1.54, 1.807) is 54.3 Å². The molecule has 1 N–H and O–H groups in total. The number of nitrogens with one attached hydrogen (secondary N) is 1. The molecule has 0 spiro atoms. The van der Waals surface area contributed by atoms with E-state index in [1.165, 1.54) is 4.68 Å². The maximum absolute atomic E-state index is 12.1. The Hall–Kier alpha value is -4.08. The van der Waals surface area contributed by atoms with Crippen molar-refractivity contribution in [1.82, 2.24) is 35.0 Å². The van der Waals surface area contributed by atoms with Crippen LogP contribution in [0.4, 0.5) is 5.69 Å². The van der Waals surface area contributed by atoms with Gasteiger partial charge < -0.3 is 10.1 Å². The van der Waals surface area contributed by atoms with Crippen LogP contribution in [0.3, 0.4) is 0 Å². The number of carbonyl (C=O) groups is 1. The average Bonchev–Trinajstić information content (AvgIpc) is 3.29. The van der Waals surface area contributed by atoms with Gasteiger partial charge >= 0.3 is 0 Å². The highest BCUT2D eigenvalue weighted by Gasteiger charge is 2.10. The maximum Gasteiger partial charge on any atom is 0.277 e. The normalized spacial score (nSPS) is 10.7. The second-order valence-electron chi connectivity index (χ2n) is 6.43. The zero-order valence-corrected chi connectivity index (χ0v) is 16.1. The van der Waals surface area contributed by atoms with Gasteiger partial charge in [-0.15, -0.1) is 15.3 Å². The third-order valence-electron chi connectivity index (χ3n) is 4.02. The lowest BCUT2D eigenvalue weighted by Crippen LogP contribution is -2.12. The van der Waals surface area contributed by atoms with E-state index in [1.807, 2.05) is 19.9 Å². The maximum atomic E-state index is 12.1. The van der Waals surface area contributed by atoms with Crippen LogP contribution in [0.2, 0.25) is 0 Å². The Balaban J connectivity index is 1.41. The molecular weight excluding hydrogens is 372 g/mol. The molecule has 0 aliphatic carbocycles. The summed E-state index contributed by atoms with van der Waals surface area (Å²) >= 11 is 0. The van der Waals surface area contributed by atoms with Gasteiger partial charge in [0.1, 0.15) is 5.75 Å². The Kier molecular flexibility index (Phi) is 4.73. The first kappa shape index (κ1) is 18.3. The molecule has 29 heavy (non-hydrogen) atoms. The Bertz CT molecular complexity index is 1150. The van der Waals surface area contributed by atoms with E-state index in [4.69, 9.17) is 4.74 Å². The second-order valence-corrected chi connectivity index (χ2v) is 6.43. The molecule has 1 aromatic carbocycles. The molecule has 4 rings (SSSR count). The lowest BCUT2D eigenvalue weighted by atomic mass is 10.3. The van der Waals surface area contributed by atoms with E-state index in [2.05, 4.69) is 30.9 Å². The summed E-state index contributed by atoms with van der Waals surface area (Å²) in [5.74, 6) is 1.20. The number of benzene rings is 1. The van der Waals surface area contributed by atoms with Crippen molar-refractivity contribution in [2.24, 2.45) is 7.05 Å². The predicted molar refractivity (Wildman–Crippen MR) is 104 cm³/mol. The van der Waals surface area contributed by atoms with Gasteiger partial charge in [-0.25, -0.2) is 4.68 Å². The molecule has 3 heterocycles. The lowest BCUT2D eigenvalue weighted by molar-refractivity contribution is 0.102. The highest BCUT2D eigenvalue weighted by atomic mass is 16.5. The standard InChI is InChI=1S/C19H18N8O2/c1-12-10-13(2)27(24-12)17-8-9-18(23-22-17)29-15-6-4-14(5-7-15)20-19(28)16-11-26(3)25-21-16/h4-11H,1-3H3,(H,20,28). The minimum atomic E-state index is -0.336. The molecule has 1 amide bonds. The molecule has 10 nitrogen and oxygen atoms in total. The van der Waals surface area contributed by atoms with Gasteiger partial charge in [0.2, 0.25) is 5.88 Å². The van der Waals surface area contributed by atoms with Crippen LogP contribution < -0.4 is 10.1 Å². The fourth-order valence-corrected chi connectivity index (χ4v) is 2.71. The summed E-state index contributed by atoms with van der Waals surface area (Å²) in [4.78, 5) is 12.1. The van der Waals surface area contributed by atoms with Gasteiger partial charge in [0.25, 0.3) is 5.91 Å². The van der Waals surface area contributed by atoms with Crippen molar-refractivity contribution in [2.75, 3.05) is 5.32 Å². The summed E-state index contributed by atoms with van der Waals surface area (Å²) in [5, 5.41) is 22.9. The second kappa shape index (κ2) is 7.50. The number of nitrogens with zero attached hydrogens (tertiary/aromatic N) is 7. The molecule has 0 fully saturated rings. The van der Waals surface area contributed by atoms with Crippen molar-refractivity contribution < 1.29 is 9.53 Å². The molecule has 0 unspecified atom stereocenters. The predicted octanol–water partition coefficient (Wildman–Crippen LogP) is 2.45. The van der Waals surface area contributed by atoms with Crippen molar-refractivity contribution in [3.63, 3.8) is 0 Å². The van der Waals surface area contributed by atoms with Crippen molar-refractivity contribution in [3.05, 3.63) is 65.7 Å². The molecule has 0 bridgehead atoms. The largest absolute Gasteiger partial charge is 0.438 e. The van der Waals surface area contributed by atoms with Crippen molar-refractivity contribution in [2.45, 2.75) is 13.8 Å². The summed E-state index contributed by atoms with van der Waals surface area (Å²) in [7, 11) is 1.70. The quantitative estimate of drug-likeness (QED) is 0.557. The summed E-state index contributed by atoms with van der Waals surface area (Å²) in [6.45, 7) is 3.88. The van der Waals surface area contributed by atoms with E-state index in [0.29, 0.717) is 23.1 Å². The van der Waals surface area contributed by atoms with Gasteiger partial charge in [-0.2, -0.15) is 5.10 Å². The third-order valence-corrected chi connectivity index (χ3v) is 4.02. The van der Waals surface area contributed by atoms with E-state index in [9.17, 15) is 4.79 Å². The highest BCUT2D eigenvalue weighted by molar-refractivity contribution is 6.02. The average molecular weight is 390 g/mol. The number of aromatic nitrogens is 7. The van der Waals surface area contributed by atoms with Crippen molar-refractivity contribution in [1.29, 1.82) is 0 Å². The van der Waals surface area contributed by atoms with Crippen LogP contribution in [0.15, 0.2) is 48.7 Å². The van der Waals surface area contributed by atoms with Crippen molar-refractivity contribution in [3.8, 4) is 17.4 Å². The SMILES string of the molecule is Cc1cc(C)n(-c2ccc(Oc3ccc(NC(=O)c4cn(C)nn4)cc3)nn2)n1. The molecule has 0 saturated heterocycles. The molecular formula is C19H18N8O2. The first-order valence-electron chi connectivity index (χ1n) is 8.81. The number of anilines is 1. The molecule has 0 atom stereocenters. The fraction of sp³-hybridized carbons (Fsp3) is 0.158.